The van der Waals surface area contributed by atoms with Gasteiger partial charge in [-0.2, -0.15) is 9.67 Å². The molecule has 0 aliphatic rings. The van der Waals surface area contributed by atoms with E-state index in [0.717, 1.165) is 0 Å². The Morgan fingerprint density at radius 2 is 1.70 bits per heavy atom. The minimum Gasteiger partial charge on any atom is -0.347 e. The fraction of sp³-hybridized carbons (Fsp3) is 0.308. The molecule has 1 aromatic heterocycles. The molecule has 6 nitrogen and oxygen atoms in total. The summed E-state index contributed by atoms with van der Waals surface area (Å²) in [5.41, 5.74) is 0.507. The lowest BCUT2D eigenvalue weighted by molar-refractivity contribution is 0.0947. The van der Waals surface area contributed by atoms with Crippen LogP contribution in [0.15, 0.2) is 24.3 Å². The van der Waals surface area contributed by atoms with Crippen molar-refractivity contribution < 1.29 is 4.79 Å². The molecule has 0 saturated heterocycles. The Kier molecular flexibility index (Phi) is 3.94. The molecule has 0 N–H and O–H groups in total. The topological polar surface area (TPSA) is 54.3 Å². The molecule has 0 radical (unpaired) electrons. The molecule has 1 aromatic carbocycles. The summed E-state index contributed by atoms with van der Waals surface area (Å²) < 4.78 is 1.29. The van der Waals surface area contributed by atoms with Crippen LogP contribution in [-0.4, -0.2) is 48.9 Å². The predicted octanol–water partition coefficient (Wildman–Crippen LogP) is 1.75. The van der Waals surface area contributed by atoms with Crippen molar-refractivity contribution in [3.8, 4) is 0 Å². The molecule has 106 valence electrons. The Labute approximate surface area is 122 Å². The van der Waals surface area contributed by atoms with Crippen LogP contribution in [0.25, 0.3) is 0 Å². The molecule has 0 aliphatic heterocycles. The van der Waals surface area contributed by atoms with Gasteiger partial charge in [0, 0.05) is 38.8 Å². The standard InChI is InChI=1S/C13H16ClN5O/c1-17(2)12-15-13(18(3)4)19(16-12)11(20)9-5-7-10(14)8-6-9/h5-8H,1-4H3. The molecular weight excluding hydrogens is 278 g/mol. The van der Waals surface area contributed by atoms with Crippen molar-refractivity contribution in [2.45, 2.75) is 0 Å². The van der Waals surface area contributed by atoms with Crippen molar-refractivity contribution in [2.75, 3.05) is 38.0 Å². The van der Waals surface area contributed by atoms with Gasteiger partial charge in [0.05, 0.1) is 0 Å². The lowest BCUT2D eigenvalue weighted by Crippen LogP contribution is -2.21. The van der Waals surface area contributed by atoms with Crippen LogP contribution in [0.4, 0.5) is 11.9 Å². The summed E-state index contributed by atoms with van der Waals surface area (Å²) in [7, 11) is 7.28. The van der Waals surface area contributed by atoms with E-state index in [-0.39, 0.29) is 5.91 Å². The maximum Gasteiger partial charge on any atom is 0.281 e. The van der Waals surface area contributed by atoms with Crippen molar-refractivity contribution in [3.05, 3.63) is 34.9 Å². The number of halogens is 1. The summed E-state index contributed by atoms with van der Waals surface area (Å²) in [5, 5.41) is 4.82. The molecule has 20 heavy (non-hydrogen) atoms. The molecule has 7 heteroatoms. The van der Waals surface area contributed by atoms with Crippen LogP contribution in [0, 0.1) is 0 Å². The zero-order valence-electron chi connectivity index (χ0n) is 11.8. The van der Waals surface area contributed by atoms with Gasteiger partial charge in [-0.3, -0.25) is 4.79 Å². The highest BCUT2D eigenvalue weighted by atomic mass is 35.5. The highest BCUT2D eigenvalue weighted by Gasteiger charge is 2.19. The number of nitrogens with zero attached hydrogens (tertiary/aromatic N) is 5. The van der Waals surface area contributed by atoms with Gasteiger partial charge >= 0.3 is 0 Å². The van der Waals surface area contributed by atoms with Gasteiger partial charge in [0.2, 0.25) is 11.9 Å². The zero-order chi connectivity index (χ0) is 14.9. The highest BCUT2D eigenvalue weighted by Crippen LogP contribution is 2.17. The van der Waals surface area contributed by atoms with E-state index in [1.807, 2.05) is 28.2 Å². The van der Waals surface area contributed by atoms with Crippen molar-refractivity contribution in [1.82, 2.24) is 14.8 Å². The molecule has 2 aromatic rings. The Morgan fingerprint density at radius 1 is 1.10 bits per heavy atom. The first-order chi connectivity index (χ1) is 9.40. The van der Waals surface area contributed by atoms with Gasteiger partial charge in [-0.25, -0.2) is 0 Å². The fourth-order valence-corrected chi connectivity index (χ4v) is 1.75. The Morgan fingerprint density at radius 3 is 2.20 bits per heavy atom. The lowest BCUT2D eigenvalue weighted by Gasteiger charge is -2.11. The maximum absolute atomic E-state index is 12.5. The van der Waals surface area contributed by atoms with Crippen LogP contribution in [0.1, 0.15) is 10.4 Å². The molecule has 0 fully saturated rings. The molecule has 0 spiro atoms. The van der Waals surface area contributed by atoms with Crippen LogP contribution >= 0.6 is 11.6 Å². The van der Waals surface area contributed by atoms with Crippen LogP contribution in [0.5, 0.6) is 0 Å². The third-order valence-corrected chi connectivity index (χ3v) is 2.91. The number of aromatic nitrogens is 3. The third-order valence-electron chi connectivity index (χ3n) is 2.66. The average molecular weight is 294 g/mol. The van der Waals surface area contributed by atoms with Gasteiger partial charge in [0.15, 0.2) is 0 Å². The van der Waals surface area contributed by atoms with E-state index >= 15 is 0 Å². The second-order valence-corrected chi connectivity index (χ2v) is 5.16. The van der Waals surface area contributed by atoms with Gasteiger partial charge in [0.25, 0.3) is 5.91 Å². The second kappa shape index (κ2) is 5.50. The predicted molar refractivity (Wildman–Crippen MR) is 79.9 cm³/mol. The van der Waals surface area contributed by atoms with Crippen molar-refractivity contribution in [3.63, 3.8) is 0 Å². The van der Waals surface area contributed by atoms with Crippen molar-refractivity contribution in [1.29, 1.82) is 0 Å². The SMILES string of the molecule is CN(C)c1nc(N(C)C)n(C(=O)c2ccc(Cl)cc2)n1. The Bertz CT molecular complexity index is 618. The van der Waals surface area contributed by atoms with Crippen LogP contribution in [-0.2, 0) is 0 Å². The molecule has 0 atom stereocenters. The number of hydrogen-bond acceptors (Lipinski definition) is 5. The number of hydrogen-bond donors (Lipinski definition) is 0. The fourth-order valence-electron chi connectivity index (χ4n) is 1.62. The maximum atomic E-state index is 12.5. The Hall–Kier alpha value is -2.08. The van der Waals surface area contributed by atoms with Gasteiger partial charge in [-0.15, -0.1) is 5.10 Å². The molecule has 0 unspecified atom stereocenters. The van der Waals surface area contributed by atoms with Crippen LogP contribution in [0.2, 0.25) is 5.02 Å². The van der Waals surface area contributed by atoms with Gasteiger partial charge in [-0.05, 0) is 24.3 Å². The van der Waals surface area contributed by atoms with Gasteiger partial charge < -0.3 is 9.80 Å². The molecule has 0 aliphatic carbocycles. The monoisotopic (exact) mass is 293 g/mol. The van der Waals surface area contributed by atoms with Gasteiger partial charge in [-0.1, -0.05) is 11.6 Å². The molecule has 0 bridgehead atoms. The third kappa shape index (κ3) is 2.75. The van der Waals surface area contributed by atoms with E-state index < -0.39 is 0 Å². The minimum absolute atomic E-state index is 0.244. The smallest absolute Gasteiger partial charge is 0.281 e. The lowest BCUT2D eigenvalue weighted by atomic mass is 10.2. The van der Waals surface area contributed by atoms with Crippen molar-refractivity contribution >= 4 is 29.4 Å². The van der Waals surface area contributed by atoms with Crippen LogP contribution < -0.4 is 9.80 Å². The van der Waals surface area contributed by atoms with E-state index in [1.54, 1.807) is 34.1 Å². The minimum atomic E-state index is -0.244. The Balaban J connectivity index is 2.45. The van der Waals surface area contributed by atoms with E-state index in [2.05, 4.69) is 10.1 Å². The molecular formula is C13H16ClN5O. The largest absolute Gasteiger partial charge is 0.347 e. The molecule has 0 saturated carbocycles. The summed E-state index contributed by atoms with van der Waals surface area (Å²) in [6, 6.07) is 6.68. The first-order valence-electron chi connectivity index (χ1n) is 6.02. The average Bonchev–Trinajstić information content (AvgIpc) is 2.84. The normalized spacial score (nSPS) is 10.4. The summed E-state index contributed by atoms with van der Waals surface area (Å²) in [6.45, 7) is 0. The van der Waals surface area contributed by atoms with E-state index in [9.17, 15) is 4.79 Å². The van der Waals surface area contributed by atoms with Gasteiger partial charge in [0.1, 0.15) is 0 Å². The van der Waals surface area contributed by atoms with E-state index in [4.69, 9.17) is 11.6 Å². The highest BCUT2D eigenvalue weighted by molar-refractivity contribution is 6.30. The number of benzene rings is 1. The second-order valence-electron chi connectivity index (χ2n) is 4.72. The number of anilines is 2. The molecule has 0 amide bonds. The summed E-state index contributed by atoms with van der Waals surface area (Å²) >= 11 is 5.83. The molecule has 1 heterocycles. The summed E-state index contributed by atoms with van der Waals surface area (Å²) in [4.78, 5) is 20.3. The van der Waals surface area contributed by atoms with E-state index in [0.29, 0.717) is 22.5 Å². The first-order valence-corrected chi connectivity index (χ1v) is 6.40. The molecule has 2 rings (SSSR count). The summed E-state index contributed by atoms with van der Waals surface area (Å²) in [6.07, 6.45) is 0. The van der Waals surface area contributed by atoms with E-state index in [1.165, 1.54) is 4.68 Å². The number of rotatable bonds is 3. The number of carbonyl (C=O) groups is 1. The zero-order valence-corrected chi connectivity index (χ0v) is 12.6. The quantitative estimate of drug-likeness (QED) is 0.863. The summed E-state index contributed by atoms with van der Waals surface area (Å²) in [5.74, 6) is 0.718. The van der Waals surface area contributed by atoms with Crippen LogP contribution in [0.3, 0.4) is 0 Å². The van der Waals surface area contributed by atoms with Crippen molar-refractivity contribution in [2.24, 2.45) is 0 Å². The number of carbonyl (C=O) groups excluding carboxylic acids is 1. The first kappa shape index (κ1) is 14.3.